The second-order valence-corrected chi connectivity index (χ2v) is 7.84. The van der Waals surface area contributed by atoms with Crippen LogP contribution in [0.2, 0.25) is 0 Å². The Labute approximate surface area is 168 Å². The van der Waals surface area contributed by atoms with Crippen LogP contribution in [0, 0.1) is 5.82 Å². The SMILES string of the molecule is CC(C)(c1ccc(F)cc1)c1ccnc(-c2cccc3c2oc2ccccc23)c1. The molecule has 142 valence electrons. The summed E-state index contributed by atoms with van der Waals surface area (Å²) in [7, 11) is 0. The van der Waals surface area contributed by atoms with Gasteiger partial charge in [-0.2, -0.15) is 0 Å². The van der Waals surface area contributed by atoms with Gasteiger partial charge in [0.05, 0.1) is 5.69 Å². The third kappa shape index (κ3) is 2.90. The van der Waals surface area contributed by atoms with Crippen LogP contribution in [0.5, 0.6) is 0 Å². The van der Waals surface area contributed by atoms with E-state index in [-0.39, 0.29) is 11.2 Å². The average Bonchev–Trinajstić information content (AvgIpc) is 3.13. The summed E-state index contributed by atoms with van der Waals surface area (Å²) in [6, 6.07) is 25.1. The van der Waals surface area contributed by atoms with Gasteiger partial charge in [-0.25, -0.2) is 4.39 Å². The van der Waals surface area contributed by atoms with E-state index in [0.29, 0.717) is 0 Å². The molecule has 2 heterocycles. The predicted octanol–water partition coefficient (Wildman–Crippen LogP) is 7.11. The number of halogens is 1. The number of aromatic nitrogens is 1. The van der Waals surface area contributed by atoms with E-state index >= 15 is 0 Å². The van der Waals surface area contributed by atoms with Crippen LogP contribution in [0.4, 0.5) is 4.39 Å². The minimum absolute atomic E-state index is 0.225. The van der Waals surface area contributed by atoms with E-state index < -0.39 is 0 Å². The maximum Gasteiger partial charge on any atom is 0.144 e. The molecule has 0 aliphatic carbocycles. The first-order valence-electron chi connectivity index (χ1n) is 9.67. The van der Waals surface area contributed by atoms with Crippen molar-refractivity contribution in [1.82, 2.24) is 4.98 Å². The summed E-state index contributed by atoms with van der Waals surface area (Å²) in [5.74, 6) is -0.225. The Kier molecular flexibility index (Phi) is 3.99. The Morgan fingerprint density at radius 3 is 2.38 bits per heavy atom. The van der Waals surface area contributed by atoms with Crippen LogP contribution in [-0.2, 0) is 5.41 Å². The molecule has 0 atom stereocenters. The Balaban J connectivity index is 1.66. The topological polar surface area (TPSA) is 26.0 Å². The number of furan rings is 1. The number of rotatable bonds is 3. The molecule has 29 heavy (non-hydrogen) atoms. The molecule has 2 aromatic heterocycles. The summed E-state index contributed by atoms with van der Waals surface area (Å²) in [4.78, 5) is 4.63. The summed E-state index contributed by atoms with van der Waals surface area (Å²) in [5.41, 5.74) is 5.43. The molecule has 3 aromatic carbocycles. The Hall–Kier alpha value is -3.46. The van der Waals surface area contributed by atoms with Crippen molar-refractivity contribution in [3.05, 3.63) is 102 Å². The normalized spacial score (nSPS) is 12.0. The zero-order valence-corrected chi connectivity index (χ0v) is 16.3. The van der Waals surface area contributed by atoms with Crippen molar-refractivity contribution in [3.8, 4) is 11.3 Å². The molecule has 0 saturated heterocycles. The quantitative estimate of drug-likeness (QED) is 0.333. The number of pyridine rings is 1. The Morgan fingerprint density at radius 2 is 1.55 bits per heavy atom. The molecule has 0 amide bonds. The lowest BCUT2D eigenvalue weighted by molar-refractivity contribution is 0.613. The molecule has 0 aliphatic rings. The molecule has 2 nitrogen and oxygen atoms in total. The number of para-hydroxylation sites is 2. The van der Waals surface area contributed by atoms with Crippen molar-refractivity contribution in [2.45, 2.75) is 19.3 Å². The molecule has 0 unspecified atom stereocenters. The molecular weight excluding hydrogens is 361 g/mol. The number of hydrogen-bond acceptors (Lipinski definition) is 2. The van der Waals surface area contributed by atoms with E-state index in [0.717, 1.165) is 44.3 Å². The highest BCUT2D eigenvalue weighted by Gasteiger charge is 2.24. The first-order chi connectivity index (χ1) is 14.0. The van der Waals surface area contributed by atoms with Gasteiger partial charge in [-0.3, -0.25) is 4.98 Å². The van der Waals surface area contributed by atoms with Gasteiger partial charge < -0.3 is 4.42 Å². The van der Waals surface area contributed by atoms with Crippen molar-refractivity contribution in [2.75, 3.05) is 0 Å². The summed E-state index contributed by atoms with van der Waals surface area (Å²) in [6.07, 6.45) is 1.83. The highest BCUT2D eigenvalue weighted by atomic mass is 19.1. The smallest absolute Gasteiger partial charge is 0.144 e. The van der Waals surface area contributed by atoms with E-state index in [1.165, 1.54) is 12.1 Å². The maximum atomic E-state index is 13.4. The molecule has 0 bridgehead atoms. The summed E-state index contributed by atoms with van der Waals surface area (Å²) >= 11 is 0. The van der Waals surface area contributed by atoms with E-state index in [2.05, 4.69) is 37.0 Å². The van der Waals surface area contributed by atoms with Crippen molar-refractivity contribution in [3.63, 3.8) is 0 Å². The minimum atomic E-state index is -0.285. The first kappa shape index (κ1) is 17.6. The highest BCUT2D eigenvalue weighted by molar-refractivity contribution is 6.09. The van der Waals surface area contributed by atoms with Gasteiger partial charge in [0.2, 0.25) is 0 Å². The second kappa shape index (κ2) is 6.56. The number of nitrogens with zero attached hydrogens (tertiary/aromatic N) is 1. The zero-order valence-electron chi connectivity index (χ0n) is 16.3. The van der Waals surface area contributed by atoms with Crippen LogP contribution in [-0.4, -0.2) is 4.98 Å². The molecule has 0 spiro atoms. The van der Waals surface area contributed by atoms with Crippen LogP contribution in [0.1, 0.15) is 25.0 Å². The number of hydrogen-bond donors (Lipinski definition) is 0. The summed E-state index contributed by atoms with van der Waals surface area (Å²) in [6.45, 7) is 4.28. The van der Waals surface area contributed by atoms with E-state index in [1.54, 1.807) is 0 Å². The third-order valence-corrected chi connectivity index (χ3v) is 5.73. The fourth-order valence-electron chi connectivity index (χ4n) is 3.95. The summed E-state index contributed by atoms with van der Waals surface area (Å²) in [5, 5.41) is 2.19. The third-order valence-electron chi connectivity index (χ3n) is 5.73. The monoisotopic (exact) mass is 381 g/mol. The second-order valence-electron chi connectivity index (χ2n) is 7.84. The fraction of sp³-hybridized carbons (Fsp3) is 0.115. The Bertz CT molecular complexity index is 1330. The van der Waals surface area contributed by atoms with Gasteiger partial charge in [0, 0.05) is 27.9 Å². The van der Waals surface area contributed by atoms with Crippen LogP contribution >= 0.6 is 0 Å². The van der Waals surface area contributed by atoms with Gasteiger partial charge in [0.25, 0.3) is 0 Å². The van der Waals surface area contributed by atoms with Crippen LogP contribution < -0.4 is 0 Å². The van der Waals surface area contributed by atoms with Crippen molar-refractivity contribution in [1.29, 1.82) is 0 Å². The van der Waals surface area contributed by atoms with Gasteiger partial charge in [-0.15, -0.1) is 0 Å². The first-order valence-corrected chi connectivity index (χ1v) is 9.67. The molecule has 0 radical (unpaired) electrons. The standard InChI is InChI=1S/C26H20FNO/c1-26(2,17-10-12-19(27)13-11-17)18-14-15-28-23(16-18)22-8-5-7-21-20-6-3-4-9-24(20)29-25(21)22/h3-16H,1-2H3. The average molecular weight is 381 g/mol. The van der Waals surface area contributed by atoms with Gasteiger partial charge in [0.1, 0.15) is 17.0 Å². The van der Waals surface area contributed by atoms with E-state index in [4.69, 9.17) is 4.42 Å². The van der Waals surface area contributed by atoms with Crippen LogP contribution in [0.15, 0.2) is 89.5 Å². The van der Waals surface area contributed by atoms with Gasteiger partial charge >= 0.3 is 0 Å². The molecule has 5 rings (SSSR count). The molecular formula is C26H20FNO. The van der Waals surface area contributed by atoms with E-state index in [1.807, 2.05) is 54.7 Å². The molecule has 3 heteroatoms. The summed E-state index contributed by atoms with van der Waals surface area (Å²) < 4.78 is 19.6. The van der Waals surface area contributed by atoms with Crippen LogP contribution in [0.3, 0.4) is 0 Å². The molecule has 5 aromatic rings. The predicted molar refractivity (Wildman–Crippen MR) is 115 cm³/mol. The van der Waals surface area contributed by atoms with Crippen LogP contribution in [0.25, 0.3) is 33.2 Å². The number of benzene rings is 3. The molecule has 0 saturated carbocycles. The van der Waals surface area contributed by atoms with Gasteiger partial charge in [-0.05, 0) is 47.5 Å². The largest absolute Gasteiger partial charge is 0.455 e. The molecule has 0 N–H and O–H groups in total. The zero-order chi connectivity index (χ0) is 20.0. The lowest BCUT2D eigenvalue weighted by atomic mass is 9.78. The van der Waals surface area contributed by atoms with Crippen molar-refractivity contribution in [2.24, 2.45) is 0 Å². The fourth-order valence-corrected chi connectivity index (χ4v) is 3.95. The lowest BCUT2D eigenvalue weighted by Crippen LogP contribution is -2.19. The van der Waals surface area contributed by atoms with Crippen molar-refractivity contribution >= 4 is 21.9 Å². The molecule has 0 aliphatic heterocycles. The highest BCUT2D eigenvalue weighted by Crippen LogP contribution is 2.37. The molecule has 0 fully saturated rings. The van der Waals surface area contributed by atoms with Crippen molar-refractivity contribution < 1.29 is 8.81 Å². The lowest BCUT2D eigenvalue weighted by Gasteiger charge is -2.26. The van der Waals surface area contributed by atoms with Gasteiger partial charge in [0.15, 0.2) is 0 Å². The van der Waals surface area contributed by atoms with E-state index in [9.17, 15) is 4.39 Å². The number of fused-ring (bicyclic) bond motifs is 3. The maximum absolute atomic E-state index is 13.4. The Morgan fingerprint density at radius 1 is 0.793 bits per heavy atom. The van der Waals surface area contributed by atoms with Gasteiger partial charge in [-0.1, -0.05) is 56.3 Å². The minimum Gasteiger partial charge on any atom is -0.455 e.